The molecule has 0 unspecified atom stereocenters. The molecular weight excluding hydrogens is 166 g/mol. The lowest BCUT2D eigenvalue weighted by atomic mass is 10.4. The molecule has 0 atom stereocenters. The molecule has 4 heteroatoms. The average Bonchev–Trinajstić information content (AvgIpc) is 2.21. The van der Waals surface area contributed by atoms with Crippen molar-refractivity contribution >= 4 is 12.2 Å². The molecule has 0 spiro atoms. The Labute approximate surface area is 78.6 Å². The van der Waals surface area contributed by atoms with E-state index in [9.17, 15) is 0 Å². The molecule has 0 saturated carbocycles. The van der Waals surface area contributed by atoms with E-state index in [1.165, 1.54) is 0 Å². The van der Waals surface area contributed by atoms with Gasteiger partial charge in [-0.3, -0.25) is 4.99 Å². The van der Waals surface area contributed by atoms with Gasteiger partial charge in [-0.15, -0.1) is 0 Å². The van der Waals surface area contributed by atoms with E-state index in [1.807, 2.05) is 0 Å². The van der Waals surface area contributed by atoms with Crippen LogP contribution in [0.3, 0.4) is 0 Å². The highest BCUT2D eigenvalue weighted by molar-refractivity contribution is 5.90. The van der Waals surface area contributed by atoms with Crippen molar-refractivity contribution in [3.8, 4) is 0 Å². The van der Waals surface area contributed by atoms with Crippen molar-refractivity contribution in [1.29, 1.82) is 0 Å². The van der Waals surface area contributed by atoms with Gasteiger partial charge in [0.2, 0.25) is 5.96 Å². The Hall–Kier alpha value is -1.16. The fraction of sp³-hybridized carbons (Fsp3) is 0.556. The molecule has 72 valence electrons. The van der Waals surface area contributed by atoms with Crippen LogP contribution in [0.15, 0.2) is 22.6 Å². The van der Waals surface area contributed by atoms with Crippen LogP contribution >= 0.6 is 0 Å². The number of guanidine groups is 1. The molecule has 1 aliphatic rings. The molecule has 1 heterocycles. The van der Waals surface area contributed by atoms with E-state index in [0.29, 0.717) is 0 Å². The van der Waals surface area contributed by atoms with E-state index in [4.69, 9.17) is 4.74 Å². The molecule has 1 fully saturated rings. The van der Waals surface area contributed by atoms with Crippen molar-refractivity contribution in [3.63, 3.8) is 0 Å². The molecular formula is C9H15N3O. The van der Waals surface area contributed by atoms with Gasteiger partial charge in [-0.2, -0.15) is 0 Å². The third-order valence-corrected chi connectivity index (χ3v) is 1.79. The van der Waals surface area contributed by atoms with Gasteiger partial charge >= 0.3 is 0 Å². The van der Waals surface area contributed by atoms with Gasteiger partial charge in [-0.05, 0) is 0 Å². The van der Waals surface area contributed by atoms with Crippen LogP contribution in [0, 0.1) is 0 Å². The fourth-order valence-corrected chi connectivity index (χ4v) is 1.16. The molecule has 1 aliphatic heterocycles. The number of hydrogen-bond acceptors (Lipinski definition) is 2. The highest BCUT2D eigenvalue weighted by Gasteiger charge is 2.12. The van der Waals surface area contributed by atoms with Gasteiger partial charge in [0.05, 0.1) is 13.2 Å². The number of ether oxygens (including phenoxy) is 1. The summed E-state index contributed by atoms with van der Waals surface area (Å²) in [6.45, 7) is 6.79. The minimum atomic E-state index is 0.753. The Kier molecular flexibility index (Phi) is 4.18. The Balaban J connectivity index is 2.54. The van der Waals surface area contributed by atoms with Crippen LogP contribution in [0.1, 0.15) is 0 Å². The summed E-state index contributed by atoms with van der Waals surface area (Å²) < 4.78 is 5.23. The first-order valence-electron chi connectivity index (χ1n) is 4.33. The Morgan fingerprint density at radius 2 is 2.15 bits per heavy atom. The Bertz CT molecular complexity index is 217. The molecule has 0 N–H and O–H groups in total. The van der Waals surface area contributed by atoms with Crippen LogP contribution in [0.25, 0.3) is 0 Å². The molecule has 4 nitrogen and oxygen atoms in total. The summed E-state index contributed by atoms with van der Waals surface area (Å²) >= 11 is 0. The maximum Gasteiger partial charge on any atom is 0.220 e. The largest absolute Gasteiger partial charge is 0.378 e. The quantitative estimate of drug-likeness (QED) is 0.438. The van der Waals surface area contributed by atoms with Crippen LogP contribution in [0.2, 0.25) is 0 Å². The van der Waals surface area contributed by atoms with Crippen LogP contribution in [-0.4, -0.2) is 50.4 Å². The first-order valence-corrected chi connectivity index (χ1v) is 4.33. The molecule has 1 saturated heterocycles. The molecule has 0 aromatic carbocycles. The molecule has 0 aliphatic carbocycles. The molecule has 0 radical (unpaired) electrons. The lowest BCUT2D eigenvalue weighted by Crippen LogP contribution is -2.40. The van der Waals surface area contributed by atoms with Crippen molar-refractivity contribution in [1.82, 2.24) is 4.90 Å². The van der Waals surface area contributed by atoms with Crippen LogP contribution in [0.4, 0.5) is 0 Å². The number of allylic oxidation sites excluding steroid dienone is 1. The zero-order valence-corrected chi connectivity index (χ0v) is 7.94. The van der Waals surface area contributed by atoms with Gasteiger partial charge in [0.15, 0.2) is 0 Å². The van der Waals surface area contributed by atoms with Gasteiger partial charge in [0, 0.05) is 26.4 Å². The monoisotopic (exact) mass is 181 g/mol. The summed E-state index contributed by atoms with van der Waals surface area (Å²) in [6.07, 6.45) is 3.30. The van der Waals surface area contributed by atoms with Crippen molar-refractivity contribution in [2.75, 3.05) is 33.4 Å². The lowest BCUT2D eigenvalue weighted by molar-refractivity contribution is 0.0676. The van der Waals surface area contributed by atoms with Crippen molar-refractivity contribution < 1.29 is 4.74 Å². The van der Waals surface area contributed by atoms with Crippen molar-refractivity contribution in [2.24, 2.45) is 9.98 Å². The smallest absolute Gasteiger partial charge is 0.220 e. The predicted octanol–water partition coefficient (Wildman–Crippen LogP) is 0.561. The van der Waals surface area contributed by atoms with E-state index >= 15 is 0 Å². The minimum Gasteiger partial charge on any atom is -0.378 e. The SMILES string of the molecule is C=C/C=N\C(=NC)N1CCOCC1. The standard InChI is InChI=1S/C9H15N3O/c1-3-4-11-9(10-2)12-5-7-13-8-6-12/h3-4H,1,5-8H2,2H3/b10-9?,11-4-. The first kappa shape index (κ1) is 9.92. The summed E-state index contributed by atoms with van der Waals surface area (Å²) in [6, 6.07) is 0. The first-order chi connectivity index (χ1) is 6.38. The van der Waals surface area contributed by atoms with Gasteiger partial charge < -0.3 is 9.64 Å². The van der Waals surface area contributed by atoms with Gasteiger partial charge in [0.1, 0.15) is 0 Å². The van der Waals surface area contributed by atoms with Gasteiger partial charge in [-0.25, -0.2) is 4.99 Å². The van der Waals surface area contributed by atoms with E-state index in [1.54, 1.807) is 19.3 Å². The van der Waals surface area contributed by atoms with Crippen LogP contribution < -0.4 is 0 Å². The molecule has 1 rings (SSSR count). The van der Waals surface area contributed by atoms with E-state index < -0.39 is 0 Å². The number of hydrogen-bond donors (Lipinski definition) is 0. The predicted molar refractivity (Wildman–Crippen MR) is 54.4 cm³/mol. The van der Waals surface area contributed by atoms with Gasteiger partial charge in [-0.1, -0.05) is 12.7 Å². The number of rotatable bonds is 1. The lowest BCUT2D eigenvalue weighted by Gasteiger charge is -2.27. The Morgan fingerprint density at radius 1 is 1.46 bits per heavy atom. The molecule has 13 heavy (non-hydrogen) atoms. The third kappa shape index (κ3) is 2.99. The van der Waals surface area contributed by atoms with E-state index in [-0.39, 0.29) is 0 Å². The molecule has 0 aromatic rings. The molecule has 0 bridgehead atoms. The summed E-state index contributed by atoms with van der Waals surface area (Å²) in [5.41, 5.74) is 0. The maximum atomic E-state index is 5.23. The van der Waals surface area contributed by atoms with E-state index in [2.05, 4.69) is 21.5 Å². The highest BCUT2D eigenvalue weighted by Crippen LogP contribution is 1.99. The summed E-state index contributed by atoms with van der Waals surface area (Å²) in [5, 5.41) is 0. The molecule has 0 amide bonds. The maximum absolute atomic E-state index is 5.23. The molecule has 0 aromatic heterocycles. The van der Waals surface area contributed by atoms with Crippen LogP contribution in [0.5, 0.6) is 0 Å². The summed E-state index contributed by atoms with van der Waals surface area (Å²) in [7, 11) is 1.74. The van der Waals surface area contributed by atoms with Crippen molar-refractivity contribution in [2.45, 2.75) is 0 Å². The fourth-order valence-electron chi connectivity index (χ4n) is 1.16. The zero-order chi connectivity index (χ0) is 9.52. The number of aliphatic imine (C=N–C) groups is 2. The normalized spacial score (nSPS) is 19.5. The summed E-state index contributed by atoms with van der Waals surface area (Å²) in [4.78, 5) is 10.4. The topological polar surface area (TPSA) is 37.2 Å². The van der Waals surface area contributed by atoms with Gasteiger partial charge in [0.25, 0.3) is 0 Å². The number of nitrogens with zero attached hydrogens (tertiary/aromatic N) is 3. The minimum absolute atomic E-state index is 0.753. The average molecular weight is 181 g/mol. The Morgan fingerprint density at radius 3 is 2.69 bits per heavy atom. The third-order valence-electron chi connectivity index (χ3n) is 1.79. The van der Waals surface area contributed by atoms with Crippen molar-refractivity contribution in [3.05, 3.63) is 12.7 Å². The second kappa shape index (κ2) is 5.48. The zero-order valence-electron chi connectivity index (χ0n) is 7.94. The second-order valence-electron chi connectivity index (χ2n) is 2.64. The summed E-state index contributed by atoms with van der Waals surface area (Å²) in [5.74, 6) is 0.753. The second-order valence-corrected chi connectivity index (χ2v) is 2.64. The number of morpholine rings is 1. The highest BCUT2D eigenvalue weighted by atomic mass is 16.5. The van der Waals surface area contributed by atoms with Crippen LogP contribution in [-0.2, 0) is 4.74 Å². The van der Waals surface area contributed by atoms with E-state index in [0.717, 1.165) is 32.3 Å².